The summed E-state index contributed by atoms with van der Waals surface area (Å²) in [6.45, 7) is 5.26. The topological polar surface area (TPSA) is 86.8 Å². The molecule has 1 saturated carbocycles. The standard InChI is InChI=1S/C32H39N3O4S/c1-24-14-10-12-16-27(24)22-34(26(3)32(37)33-28-17-6-4-7-18-28)31(36)23-35(30-21-13-11-15-25(30)2)40(38,39)29-19-8-5-9-20-29/h5,8-16,19-21,26,28H,4,6-7,17-18,22-23H2,1-3H3,(H,33,37)/t26-/m1/s1. The Labute approximate surface area is 238 Å². The Morgan fingerprint density at radius 2 is 1.45 bits per heavy atom. The van der Waals surface area contributed by atoms with E-state index in [1.165, 1.54) is 23.5 Å². The minimum absolute atomic E-state index is 0.0968. The molecule has 0 saturated heterocycles. The molecule has 0 spiro atoms. The average molecular weight is 562 g/mol. The molecule has 0 unspecified atom stereocenters. The SMILES string of the molecule is Cc1ccccc1CN(C(=O)CN(c1ccccc1C)S(=O)(=O)c1ccccc1)[C@H](C)C(=O)NC1CCCCC1. The molecule has 1 atom stereocenters. The number of sulfonamides is 1. The Hall–Kier alpha value is -3.65. The summed E-state index contributed by atoms with van der Waals surface area (Å²) in [5.74, 6) is -0.667. The number of nitrogens with one attached hydrogen (secondary N) is 1. The number of carbonyl (C=O) groups excluding carboxylic acids is 2. The van der Waals surface area contributed by atoms with Gasteiger partial charge < -0.3 is 10.2 Å². The molecule has 1 N–H and O–H groups in total. The number of amides is 2. The van der Waals surface area contributed by atoms with Crippen LogP contribution in [0.25, 0.3) is 0 Å². The predicted octanol–water partition coefficient (Wildman–Crippen LogP) is 5.36. The summed E-state index contributed by atoms with van der Waals surface area (Å²) in [6.07, 6.45) is 5.19. The minimum atomic E-state index is -4.07. The second-order valence-electron chi connectivity index (χ2n) is 10.6. The summed E-state index contributed by atoms with van der Waals surface area (Å²) in [5.41, 5.74) is 3.05. The first-order valence-electron chi connectivity index (χ1n) is 14.0. The number of nitrogens with zero attached hydrogens (tertiary/aromatic N) is 2. The maximum Gasteiger partial charge on any atom is 0.264 e. The van der Waals surface area contributed by atoms with E-state index in [0.717, 1.165) is 46.7 Å². The number of para-hydroxylation sites is 1. The van der Waals surface area contributed by atoms with Crippen LogP contribution >= 0.6 is 0 Å². The molecule has 40 heavy (non-hydrogen) atoms. The van der Waals surface area contributed by atoms with Crippen LogP contribution in [0.15, 0.2) is 83.8 Å². The molecule has 0 bridgehead atoms. The van der Waals surface area contributed by atoms with E-state index in [1.54, 1.807) is 37.3 Å². The van der Waals surface area contributed by atoms with Gasteiger partial charge in [-0.05, 0) is 68.5 Å². The summed E-state index contributed by atoms with van der Waals surface area (Å²) in [5, 5.41) is 3.14. The fraction of sp³-hybridized carbons (Fsp3) is 0.375. The maximum absolute atomic E-state index is 14.1. The molecular formula is C32H39N3O4S. The van der Waals surface area contributed by atoms with Crippen molar-refractivity contribution in [1.29, 1.82) is 0 Å². The number of anilines is 1. The van der Waals surface area contributed by atoms with Crippen molar-refractivity contribution < 1.29 is 18.0 Å². The summed E-state index contributed by atoms with van der Waals surface area (Å²) in [6, 6.07) is 22.3. The predicted molar refractivity (Wildman–Crippen MR) is 158 cm³/mol. The van der Waals surface area contributed by atoms with E-state index < -0.39 is 28.5 Å². The van der Waals surface area contributed by atoms with Gasteiger partial charge in [-0.15, -0.1) is 0 Å². The summed E-state index contributed by atoms with van der Waals surface area (Å²) < 4.78 is 29.0. The minimum Gasteiger partial charge on any atom is -0.352 e. The molecule has 212 valence electrons. The van der Waals surface area contributed by atoms with E-state index in [0.29, 0.717) is 5.69 Å². The van der Waals surface area contributed by atoms with Gasteiger partial charge in [-0.3, -0.25) is 13.9 Å². The zero-order valence-corrected chi connectivity index (χ0v) is 24.4. The molecule has 1 fully saturated rings. The van der Waals surface area contributed by atoms with Gasteiger partial charge in [-0.1, -0.05) is 79.9 Å². The van der Waals surface area contributed by atoms with Crippen molar-refractivity contribution in [2.45, 2.75) is 76.4 Å². The third kappa shape index (κ3) is 6.91. The Morgan fingerprint density at radius 3 is 2.10 bits per heavy atom. The third-order valence-electron chi connectivity index (χ3n) is 7.72. The molecule has 2 amide bonds. The number of benzene rings is 3. The fourth-order valence-corrected chi connectivity index (χ4v) is 6.70. The lowest BCUT2D eigenvalue weighted by molar-refractivity contribution is -0.139. The van der Waals surface area contributed by atoms with Crippen molar-refractivity contribution in [3.8, 4) is 0 Å². The lowest BCUT2D eigenvalue weighted by Gasteiger charge is -2.33. The Balaban J connectivity index is 1.68. The molecule has 3 aromatic rings. The Bertz CT molecular complexity index is 1420. The normalized spacial score (nSPS) is 14.8. The number of carbonyl (C=O) groups is 2. The second kappa shape index (κ2) is 13.1. The highest BCUT2D eigenvalue weighted by atomic mass is 32.2. The van der Waals surface area contributed by atoms with Crippen molar-refractivity contribution >= 4 is 27.5 Å². The van der Waals surface area contributed by atoms with Crippen molar-refractivity contribution in [2.24, 2.45) is 0 Å². The van der Waals surface area contributed by atoms with Crippen LogP contribution in [0, 0.1) is 13.8 Å². The highest BCUT2D eigenvalue weighted by molar-refractivity contribution is 7.92. The van der Waals surface area contributed by atoms with Crippen LogP contribution < -0.4 is 9.62 Å². The van der Waals surface area contributed by atoms with E-state index in [4.69, 9.17) is 0 Å². The third-order valence-corrected chi connectivity index (χ3v) is 9.49. The highest BCUT2D eigenvalue weighted by Gasteiger charge is 2.33. The fourth-order valence-electron chi connectivity index (χ4n) is 5.20. The number of hydrogen-bond donors (Lipinski definition) is 1. The maximum atomic E-state index is 14.1. The zero-order valence-electron chi connectivity index (χ0n) is 23.5. The largest absolute Gasteiger partial charge is 0.352 e. The summed E-state index contributed by atoms with van der Waals surface area (Å²) in [4.78, 5) is 29.1. The molecule has 4 rings (SSSR count). The van der Waals surface area contributed by atoms with E-state index in [-0.39, 0.29) is 23.4 Å². The van der Waals surface area contributed by atoms with Gasteiger partial charge in [0, 0.05) is 12.6 Å². The smallest absolute Gasteiger partial charge is 0.264 e. The first-order chi connectivity index (χ1) is 19.2. The van der Waals surface area contributed by atoms with Gasteiger partial charge >= 0.3 is 0 Å². The number of aryl methyl sites for hydroxylation is 2. The van der Waals surface area contributed by atoms with Crippen LogP contribution in [0.3, 0.4) is 0 Å². The quantitative estimate of drug-likeness (QED) is 0.361. The van der Waals surface area contributed by atoms with Gasteiger partial charge in [0.2, 0.25) is 11.8 Å². The van der Waals surface area contributed by atoms with Crippen LogP contribution in [-0.4, -0.2) is 43.8 Å². The molecule has 1 aliphatic carbocycles. The molecule has 8 heteroatoms. The van der Waals surface area contributed by atoms with Gasteiger partial charge in [-0.25, -0.2) is 8.42 Å². The van der Waals surface area contributed by atoms with Crippen molar-refractivity contribution in [1.82, 2.24) is 10.2 Å². The molecule has 1 aliphatic rings. The van der Waals surface area contributed by atoms with Crippen LogP contribution in [0.1, 0.15) is 55.7 Å². The molecule has 0 radical (unpaired) electrons. The molecule has 0 aliphatic heterocycles. The molecule has 7 nitrogen and oxygen atoms in total. The van der Waals surface area contributed by atoms with E-state index >= 15 is 0 Å². The molecule has 0 heterocycles. The van der Waals surface area contributed by atoms with Gasteiger partial charge in [0.15, 0.2) is 0 Å². The zero-order chi connectivity index (χ0) is 28.7. The van der Waals surface area contributed by atoms with Crippen molar-refractivity contribution in [3.05, 3.63) is 95.6 Å². The lowest BCUT2D eigenvalue weighted by atomic mass is 9.95. The second-order valence-corrected chi connectivity index (χ2v) is 12.4. The van der Waals surface area contributed by atoms with Gasteiger partial charge in [0.1, 0.15) is 12.6 Å². The van der Waals surface area contributed by atoms with Gasteiger partial charge in [-0.2, -0.15) is 0 Å². The monoisotopic (exact) mass is 561 g/mol. The molecule has 3 aromatic carbocycles. The van der Waals surface area contributed by atoms with Crippen LogP contribution in [-0.2, 0) is 26.2 Å². The first kappa shape index (κ1) is 29.3. The molecular weight excluding hydrogens is 522 g/mol. The van der Waals surface area contributed by atoms with Gasteiger partial charge in [0.25, 0.3) is 10.0 Å². The number of hydrogen-bond acceptors (Lipinski definition) is 4. The van der Waals surface area contributed by atoms with Crippen LogP contribution in [0.2, 0.25) is 0 Å². The van der Waals surface area contributed by atoms with E-state index in [1.807, 2.05) is 50.2 Å². The van der Waals surface area contributed by atoms with Crippen molar-refractivity contribution in [2.75, 3.05) is 10.8 Å². The van der Waals surface area contributed by atoms with E-state index in [2.05, 4.69) is 5.32 Å². The highest BCUT2D eigenvalue weighted by Crippen LogP contribution is 2.27. The van der Waals surface area contributed by atoms with E-state index in [9.17, 15) is 18.0 Å². The molecule has 0 aromatic heterocycles. The van der Waals surface area contributed by atoms with Crippen LogP contribution in [0.5, 0.6) is 0 Å². The first-order valence-corrected chi connectivity index (χ1v) is 15.4. The summed E-state index contributed by atoms with van der Waals surface area (Å²) in [7, 11) is -4.07. The number of rotatable bonds is 10. The van der Waals surface area contributed by atoms with Crippen LogP contribution in [0.4, 0.5) is 5.69 Å². The Kier molecular flexibility index (Phi) is 9.63. The summed E-state index contributed by atoms with van der Waals surface area (Å²) >= 11 is 0. The Morgan fingerprint density at radius 1 is 0.850 bits per heavy atom. The van der Waals surface area contributed by atoms with Crippen molar-refractivity contribution in [3.63, 3.8) is 0 Å². The van der Waals surface area contributed by atoms with Gasteiger partial charge in [0.05, 0.1) is 10.6 Å². The average Bonchev–Trinajstić information content (AvgIpc) is 2.96. The lowest BCUT2D eigenvalue weighted by Crippen LogP contribution is -2.53.